The number of unbranched alkanes of at least 4 members (excludes halogenated alkanes) is 1. The van der Waals surface area contributed by atoms with Crippen molar-refractivity contribution in [2.45, 2.75) is 33.1 Å². The first-order valence-electron chi connectivity index (χ1n) is 7.18. The second kappa shape index (κ2) is 9.93. The fourth-order valence-electron chi connectivity index (χ4n) is 1.99. The Kier molecular flexibility index (Phi) is 8.58. The Morgan fingerprint density at radius 3 is 2.62 bits per heavy atom. The van der Waals surface area contributed by atoms with Gasteiger partial charge >= 0.3 is 0 Å². The van der Waals surface area contributed by atoms with E-state index < -0.39 is 0 Å². The van der Waals surface area contributed by atoms with Gasteiger partial charge in [-0.1, -0.05) is 30.1 Å². The van der Waals surface area contributed by atoms with Crippen molar-refractivity contribution < 1.29 is 9.47 Å². The van der Waals surface area contributed by atoms with E-state index in [9.17, 15) is 0 Å². The van der Waals surface area contributed by atoms with Crippen molar-refractivity contribution in [2.75, 3.05) is 19.8 Å². The highest BCUT2D eigenvalue weighted by molar-refractivity contribution is 6.55. The molecule has 0 amide bonds. The third-order valence-electron chi connectivity index (χ3n) is 3.04. The zero-order valence-corrected chi connectivity index (χ0v) is 14.1. The molecule has 1 rings (SSSR count). The Morgan fingerprint density at radius 2 is 2.00 bits per heavy atom. The molecule has 0 spiro atoms. The van der Waals surface area contributed by atoms with Gasteiger partial charge in [-0.15, -0.1) is 0 Å². The minimum atomic E-state index is 0.210. The van der Waals surface area contributed by atoms with Gasteiger partial charge in [0.05, 0.1) is 6.61 Å². The van der Waals surface area contributed by atoms with E-state index >= 15 is 0 Å². The number of halogens is 2. The maximum absolute atomic E-state index is 5.89. The van der Waals surface area contributed by atoms with Crippen LogP contribution in [0.15, 0.2) is 22.7 Å². The van der Waals surface area contributed by atoms with Crippen molar-refractivity contribution in [3.63, 3.8) is 0 Å². The van der Waals surface area contributed by atoms with E-state index in [0.29, 0.717) is 19.8 Å². The summed E-state index contributed by atoms with van der Waals surface area (Å²) < 4.78 is 11.7. The fourth-order valence-corrected chi connectivity index (χ4v) is 2.11. The SMILES string of the molecule is CCc1cc(OCC=C(Cl)Cl)cc(C)c1OCCCCN. The quantitative estimate of drug-likeness (QED) is 0.683. The third-order valence-corrected chi connectivity index (χ3v) is 3.35. The summed E-state index contributed by atoms with van der Waals surface area (Å²) in [6.07, 6.45) is 4.45. The Hall–Kier alpha value is -0.900. The maximum Gasteiger partial charge on any atom is 0.125 e. The summed E-state index contributed by atoms with van der Waals surface area (Å²) >= 11 is 11.1. The van der Waals surface area contributed by atoms with Crippen molar-refractivity contribution in [3.05, 3.63) is 33.8 Å². The molecule has 0 aliphatic heterocycles. The van der Waals surface area contributed by atoms with Crippen molar-refractivity contribution in [3.8, 4) is 11.5 Å². The molecule has 1 aromatic rings. The third kappa shape index (κ3) is 6.60. The molecule has 0 aliphatic rings. The molecule has 0 saturated carbocycles. The van der Waals surface area contributed by atoms with E-state index in [1.54, 1.807) is 6.08 Å². The lowest BCUT2D eigenvalue weighted by Gasteiger charge is -2.15. The van der Waals surface area contributed by atoms with Crippen molar-refractivity contribution in [1.29, 1.82) is 0 Å². The molecule has 0 bridgehead atoms. The first-order valence-corrected chi connectivity index (χ1v) is 7.94. The summed E-state index contributed by atoms with van der Waals surface area (Å²) in [6.45, 7) is 5.86. The lowest BCUT2D eigenvalue weighted by atomic mass is 10.1. The van der Waals surface area contributed by atoms with Gasteiger partial charge < -0.3 is 15.2 Å². The highest BCUT2D eigenvalue weighted by Gasteiger charge is 2.09. The standard InChI is InChI=1S/C16H23Cl2NO2/c1-3-13-11-14(20-9-6-15(17)18)10-12(2)16(13)21-8-5-4-7-19/h6,10-11H,3-5,7-9,19H2,1-2H3. The lowest BCUT2D eigenvalue weighted by molar-refractivity contribution is 0.301. The van der Waals surface area contributed by atoms with Crippen LogP contribution in [-0.4, -0.2) is 19.8 Å². The molecule has 0 radical (unpaired) electrons. The smallest absolute Gasteiger partial charge is 0.125 e. The van der Waals surface area contributed by atoms with Gasteiger partial charge in [-0.25, -0.2) is 0 Å². The number of hydrogen-bond donors (Lipinski definition) is 1. The molecule has 3 nitrogen and oxygen atoms in total. The van der Waals surface area contributed by atoms with Crippen LogP contribution in [0.2, 0.25) is 0 Å². The molecule has 1 aromatic carbocycles. The lowest BCUT2D eigenvalue weighted by Crippen LogP contribution is -2.06. The average Bonchev–Trinajstić information content (AvgIpc) is 2.44. The predicted octanol–water partition coefficient (Wildman–Crippen LogP) is 4.37. The van der Waals surface area contributed by atoms with Gasteiger partial charge in [0, 0.05) is 0 Å². The molecule has 0 saturated heterocycles. The first-order chi connectivity index (χ1) is 10.1. The zero-order valence-electron chi connectivity index (χ0n) is 12.6. The van der Waals surface area contributed by atoms with E-state index in [0.717, 1.165) is 41.9 Å². The summed E-state index contributed by atoms with van der Waals surface area (Å²) in [5, 5.41) is 0. The molecular formula is C16H23Cl2NO2. The minimum Gasteiger partial charge on any atom is -0.493 e. The minimum absolute atomic E-state index is 0.210. The molecule has 0 aromatic heterocycles. The fraction of sp³-hybridized carbons (Fsp3) is 0.500. The Balaban J connectivity index is 2.74. The summed E-state index contributed by atoms with van der Waals surface area (Å²) in [5.74, 6) is 1.75. The molecule has 0 heterocycles. The van der Waals surface area contributed by atoms with Gasteiger partial charge in [0.1, 0.15) is 22.6 Å². The van der Waals surface area contributed by atoms with Crippen LogP contribution in [0.3, 0.4) is 0 Å². The molecule has 0 fully saturated rings. The van der Waals surface area contributed by atoms with Crippen molar-refractivity contribution in [2.24, 2.45) is 5.73 Å². The number of aryl methyl sites for hydroxylation is 2. The van der Waals surface area contributed by atoms with Crippen LogP contribution in [-0.2, 0) is 6.42 Å². The first kappa shape index (κ1) is 18.1. The Morgan fingerprint density at radius 1 is 1.24 bits per heavy atom. The van der Waals surface area contributed by atoms with E-state index in [1.807, 2.05) is 19.1 Å². The summed E-state index contributed by atoms with van der Waals surface area (Å²) in [7, 11) is 0. The Labute approximate surface area is 137 Å². The van der Waals surface area contributed by atoms with Gasteiger partial charge in [-0.3, -0.25) is 0 Å². The van der Waals surface area contributed by atoms with E-state index in [4.69, 9.17) is 38.4 Å². The van der Waals surface area contributed by atoms with Crippen LogP contribution in [0.25, 0.3) is 0 Å². The molecule has 2 N–H and O–H groups in total. The summed E-state index contributed by atoms with van der Waals surface area (Å²) in [6, 6.07) is 3.97. The molecule has 0 atom stereocenters. The summed E-state index contributed by atoms with van der Waals surface area (Å²) in [4.78, 5) is 0. The van der Waals surface area contributed by atoms with E-state index in [-0.39, 0.29) is 4.49 Å². The molecule has 5 heteroatoms. The van der Waals surface area contributed by atoms with E-state index in [1.165, 1.54) is 0 Å². The summed E-state index contributed by atoms with van der Waals surface area (Å²) in [5.41, 5.74) is 7.69. The molecule has 118 valence electrons. The molecule has 0 unspecified atom stereocenters. The van der Waals surface area contributed by atoms with Crippen LogP contribution in [0, 0.1) is 6.92 Å². The topological polar surface area (TPSA) is 44.5 Å². The van der Waals surface area contributed by atoms with Gasteiger partial charge in [0.2, 0.25) is 0 Å². The van der Waals surface area contributed by atoms with Crippen molar-refractivity contribution >= 4 is 23.2 Å². The normalized spacial score (nSPS) is 10.3. The molecule has 21 heavy (non-hydrogen) atoms. The van der Waals surface area contributed by atoms with Crippen LogP contribution in [0.5, 0.6) is 11.5 Å². The van der Waals surface area contributed by atoms with Crippen LogP contribution in [0.1, 0.15) is 30.9 Å². The van der Waals surface area contributed by atoms with Crippen molar-refractivity contribution in [1.82, 2.24) is 0 Å². The number of nitrogens with two attached hydrogens (primary N) is 1. The number of ether oxygens (including phenoxy) is 2. The number of hydrogen-bond acceptors (Lipinski definition) is 3. The van der Waals surface area contributed by atoms with Gasteiger partial charge in [-0.2, -0.15) is 0 Å². The van der Waals surface area contributed by atoms with Crippen LogP contribution in [0.4, 0.5) is 0 Å². The highest BCUT2D eigenvalue weighted by atomic mass is 35.5. The van der Waals surface area contributed by atoms with Crippen LogP contribution >= 0.6 is 23.2 Å². The number of benzene rings is 1. The largest absolute Gasteiger partial charge is 0.493 e. The monoisotopic (exact) mass is 331 g/mol. The highest BCUT2D eigenvalue weighted by Crippen LogP contribution is 2.30. The molecule has 0 aliphatic carbocycles. The Bertz CT molecular complexity index is 472. The van der Waals surface area contributed by atoms with E-state index in [2.05, 4.69) is 6.92 Å². The maximum atomic E-state index is 5.89. The second-order valence-electron chi connectivity index (χ2n) is 4.73. The average molecular weight is 332 g/mol. The van der Waals surface area contributed by atoms with Gasteiger partial charge in [-0.05, 0) is 62.1 Å². The van der Waals surface area contributed by atoms with Crippen LogP contribution < -0.4 is 15.2 Å². The number of rotatable bonds is 9. The molecular weight excluding hydrogens is 309 g/mol. The van der Waals surface area contributed by atoms with Gasteiger partial charge in [0.15, 0.2) is 0 Å². The predicted molar refractivity (Wildman–Crippen MR) is 89.6 cm³/mol. The van der Waals surface area contributed by atoms with Gasteiger partial charge in [0.25, 0.3) is 0 Å². The zero-order chi connectivity index (χ0) is 15.7. The second-order valence-corrected chi connectivity index (χ2v) is 5.74.